The van der Waals surface area contributed by atoms with Crippen LogP contribution in [0.3, 0.4) is 0 Å². The fraction of sp³-hybridized carbons (Fsp3) is 0.0256. The van der Waals surface area contributed by atoms with Gasteiger partial charge in [-0.15, -0.1) is 11.3 Å². The first-order valence-electron chi connectivity index (χ1n) is 14.5. The second-order valence-electron chi connectivity index (χ2n) is 10.7. The van der Waals surface area contributed by atoms with E-state index < -0.39 is 0 Å². The number of benzene rings is 6. The summed E-state index contributed by atoms with van der Waals surface area (Å²) in [5.74, 6) is 1.57. The lowest BCUT2D eigenvalue weighted by molar-refractivity contribution is 0.674. The maximum Gasteiger partial charge on any atom is 0.159 e. The number of nitrogens with one attached hydrogen (secondary N) is 1. The second kappa shape index (κ2) is 10.8. The van der Waals surface area contributed by atoms with Gasteiger partial charge in [-0.2, -0.15) is 0 Å². The second-order valence-corrected chi connectivity index (χ2v) is 11.7. The van der Waals surface area contributed by atoms with Crippen molar-refractivity contribution in [3.8, 4) is 22.3 Å². The zero-order valence-electron chi connectivity index (χ0n) is 23.3. The molecule has 1 aliphatic heterocycles. The van der Waals surface area contributed by atoms with E-state index in [1.165, 1.54) is 42.4 Å². The predicted molar refractivity (Wildman–Crippen MR) is 182 cm³/mol. The van der Waals surface area contributed by atoms with Crippen molar-refractivity contribution in [2.24, 2.45) is 9.98 Å². The molecule has 1 N–H and O–H groups in total. The van der Waals surface area contributed by atoms with Crippen molar-refractivity contribution >= 4 is 43.2 Å². The van der Waals surface area contributed by atoms with Crippen LogP contribution in [-0.4, -0.2) is 11.7 Å². The molecule has 0 radical (unpaired) electrons. The van der Waals surface area contributed by atoms with Crippen LogP contribution in [0.4, 0.5) is 0 Å². The van der Waals surface area contributed by atoms with Crippen LogP contribution in [0.2, 0.25) is 0 Å². The molecular formula is C39H27N3S. The Morgan fingerprint density at radius 3 is 1.88 bits per heavy atom. The van der Waals surface area contributed by atoms with Crippen molar-refractivity contribution in [2.75, 3.05) is 0 Å². The summed E-state index contributed by atoms with van der Waals surface area (Å²) in [4.78, 5) is 10.0. The SMILES string of the molecule is c1ccc(C2=NC(c3ccccc3)NC(c3ccc4sc5c(-c6ccc(-c7ccccc7)cc6)cccc5c4c3)=N2)cc1. The van der Waals surface area contributed by atoms with Crippen molar-refractivity contribution in [1.29, 1.82) is 0 Å². The van der Waals surface area contributed by atoms with Crippen LogP contribution in [0.5, 0.6) is 0 Å². The van der Waals surface area contributed by atoms with Gasteiger partial charge in [0.1, 0.15) is 12.0 Å². The van der Waals surface area contributed by atoms with Gasteiger partial charge in [0.2, 0.25) is 0 Å². The van der Waals surface area contributed by atoms with Crippen LogP contribution in [0.15, 0.2) is 162 Å². The number of hydrogen-bond acceptors (Lipinski definition) is 4. The Balaban J connectivity index is 1.20. The van der Waals surface area contributed by atoms with Gasteiger partial charge in [-0.05, 0) is 46.0 Å². The van der Waals surface area contributed by atoms with E-state index in [0.29, 0.717) is 0 Å². The zero-order valence-corrected chi connectivity index (χ0v) is 24.1. The molecule has 1 atom stereocenters. The van der Waals surface area contributed by atoms with Gasteiger partial charge < -0.3 is 5.32 Å². The summed E-state index contributed by atoms with van der Waals surface area (Å²) in [5, 5.41) is 6.12. The summed E-state index contributed by atoms with van der Waals surface area (Å²) >= 11 is 1.85. The molecule has 4 heteroatoms. The van der Waals surface area contributed by atoms with Crippen molar-refractivity contribution in [3.05, 3.63) is 168 Å². The van der Waals surface area contributed by atoms with Gasteiger partial charge in [-0.3, -0.25) is 0 Å². The molecule has 0 saturated heterocycles. The minimum atomic E-state index is -0.218. The van der Waals surface area contributed by atoms with Crippen LogP contribution in [-0.2, 0) is 0 Å². The minimum Gasteiger partial charge on any atom is -0.344 e. The number of nitrogens with zero attached hydrogens (tertiary/aromatic N) is 2. The third-order valence-electron chi connectivity index (χ3n) is 7.96. The van der Waals surface area contributed by atoms with Gasteiger partial charge in [0.05, 0.1) is 0 Å². The van der Waals surface area contributed by atoms with Gasteiger partial charge >= 0.3 is 0 Å². The van der Waals surface area contributed by atoms with E-state index in [2.05, 4.69) is 133 Å². The third kappa shape index (κ3) is 4.82. The Labute approximate surface area is 254 Å². The Kier molecular flexibility index (Phi) is 6.39. The zero-order chi connectivity index (χ0) is 28.6. The molecule has 1 aromatic heterocycles. The van der Waals surface area contributed by atoms with Crippen LogP contribution in [0.25, 0.3) is 42.4 Å². The highest BCUT2D eigenvalue weighted by molar-refractivity contribution is 7.26. The van der Waals surface area contributed by atoms with Crippen molar-refractivity contribution in [3.63, 3.8) is 0 Å². The topological polar surface area (TPSA) is 36.8 Å². The van der Waals surface area contributed by atoms with Crippen molar-refractivity contribution < 1.29 is 0 Å². The van der Waals surface area contributed by atoms with E-state index in [1.807, 2.05) is 35.6 Å². The molecule has 43 heavy (non-hydrogen) atoms. The molecule has 3 nitrogen and oxygen atoms in total. The monoisotopic (exact) mass is 569 g/mol. The number of rotatable bonds is 5. The summed E-state index contributed by atoms with van der Waals surface area (Å²) in [5.41, 5.74) is 8.11. The molecule has 0 aliphatic carbocycles. The first-order valence-corrected chi connectivity index (χ1v) is 15.3. The highest BCUT2D eigenvalue weighted by Gasteiger charge is 2.21. The fourth-order valence-electron chi connectivity index (χ4n) is 5.76. The summed E-state index contributed by atoms with van der Waals surface area (Å²) < 4.78 is 2.56. The summed E-state index contributed by atoms with van der Waals surface area (Å²) in [6.45, 7) is 0. The average Bonchev–Trinajstić information content (AvgIpc) is 3.48. The maximum absolute atomic E-state index is 5.03. The molecule has 204 valence electrons. The van der Waals surface area contributed by atoms with Gasteiger partial charge in [0, 0.05) is 31.3 Å². The highest BCUT2D eigenvalue weighted by atomic mass is 32.1. The van der Waals surface area contributed by atoms with Crippen LogP contribution >= 0.6 is 11.3 Å². The molecule has 8 rings (SSSR count). The van der Waals surface area contributed by atoms with Gasteiger partial charge in [0.15, 0.2) is 5.84 Å². The van der Waals surface area contributed by atoms with E-state index >= 15 is 0 Å². The summed E-state index contributed by atoms with van der Waals surface area (Å²) in [6, 6.07) is 53.3. The smallest absolute Gasteiger partial charge is 0.159 e. The van der Waals surface area contributed by atoms with E-state index in [1.54, 1.807) is 0 Å². The molecule has 6 aromatic carbocycles. The number of thiophene rings is 1. The first-order chi connectivity index (χ1) is 21.3. The Morgan fingerprint density at radius 2 is 1.14 bits per heavy atom. The molecule has 0 bridgehead atoms. The molecule has 0 saturated carbocycles. The largest absolute Gasteiger partial charge is 0.344 e. The number of amidine groups is 2. The average molecular weight is 570 g/mol. The standard InChI is InChI=1S/C39H27N3S/c1-4-11-26(12-5-1)27-19-21-28(22-20-27)32-17-10-18-33-34-25-31(23-24-35(34)43-36(32)33)39-41-37(29-13-6-2-7-14-29)40-38(42-39)30-15-8-3-9-16-30/h1-25,37H,(H,40,41,42). The quantitative estimate of drug-likeness (QED) is 0.220. The third-order valence-corrected chi connectivity index (χ3v) is 9.18. The van der Waals surface area contributed by atoms with E-state index in [0.717, 1.165) is 28.4 Å². The lowest BCUT2D eigenvalue weighted by atomic mass is 9.99. The predicted octanol–water partition coefficient (Wildman–Crippen LogP) is 9.88. The molecule has 0 fully saturated rings. The lowest BCUT2D eigenvalue weighted by Gasteiger charge is -2.23. The van der Waals surface area contributed by atoms with Crippen molar-refractivity contribution in [1.82, 2.24) is 5.32 Å². The first kappa shape index (κ1) is 25.4. The highest BCUT2D eigenvalue weighted by Crippen LogP contribution is 2.40. The Morgan fingerprint density at radius 1 is 0.512 bits per heavy atom. The number of fused-ring (bicyclic) bond motifs is 3. The summed E-state index contributed by atoms with van der Waals surface area (Å²) in [6.07, 6.45) is -0.218. The lowest BCUT2D eigenvalue weighted by Crippen LogP contribution is -2.33. The molecule has 0 spiro atoms. The molecular weight excluding hydrogens is 543 g/mol. The van der Waals surface area contributed by atoms with Gasteiger partial charge in [-0.1, -0.05) is 133 Å². The Hall–Kier alpha value is -5.32. The fourth-order valence-corrected chi connectivity index (χ4v) is 6.98. The van der Waals surface area contributed by atoms with E-state index in [9.17, 15) is 0 Å². The van der Waals surface area contributed by atoms with Gasteiger partial charge in [0.25, 0.3) is 0 Å². The Bertz CT molecular complexity index is 2130. The molecule has 1 aliphatic rings. The molecule has 2 heterocycles. The van der Waals surface area contributed by atoms with Crippen molar-refractivity contribution in [2.45, 2.75) is 6.17 Å². The number of aliphatic imine (C=N–C) groups is 2. The summed E-state index contributed by atoms with van der Waals surface area (Å²) in [7, 11) is 0. The van der Waals surface area contributed by atoms with E-state index in [-0.39, 0.29) is 6.17 Å². The molecule has 1 unspecified atom stereocenters. The maximum atomic E-state index is 5.03. The number of hydrogen-bond donors (Lipinski definition) is 1. The minimum absolute atomic E-state index is 0.218. The van der Waals surface area contributed by atoms with Crippen LogP contribution in [0.1, 0.15) is 22.9 Å². The van der Waals surface area contributed by atoms with Crippen LogP contribution in [0, 0.1) is 0 Å². The molecule has 7 aromatic rings. The normalized spacial score (nSPS) is 14.7. The molecule has 0 amide bonds. The van der Waals surface area contributed by atoms with Gasteiger partial charge in [-0.25, -0.2) is 9.98 Å². The van der Waals surface area contributed by atoms with E-state index in [4.69, 9.17) is 9.98 Å². The van der Waals surface area contributed by atoms with Crippen LogP contribution < -0.4 is 5.32 Å².